The molecule has 1 aromatic heterocycles. The molecule has 0 radical (unpaired) electrons. The van der Waals surface area contributed by atoms with E-state index in [9.17, 15) is 18.0 Å². The Hall–Kier alpha value is -1.57. The second-order valence-electron chi connectivity index (χ2n) is 7.33. The van der Waals surface area contributed by atoms with Gasteiger partial charge in [0.15, 0.2) is 0 Å². The minimum atomic E-state index is -4.24. The normalized spacial score (nSPS) is 18.8. The quantitative estimate of drug-likeness (QED) is 0.826. The Balaban J connectivity index is 2.05. The maximum Gasteiger partial charge on any atom is 0.403 e. The largest absolute Gasteiger partial charge is 0.403 e. The molecule has 1 atom stereocenters. The predicted molar refractivity (Wildman–Crippen MR) is 84.9 cm³/mol. The molecule has 0 aromatic carbocycles. The molecule has 24 heavy (non-hydrogen) atoms. The van der Waals surface area contributed by atoms with Gasteiger partial charge < -0.3 is 4.90 Å². The second kappa shape index (κ2) is 6.38. The van der Waals surface area contributed by atoms with Crippen molar-refractivity contribution >= 4 is 5.91 Å². The molecule has 0 aliphatic carbocycles. The monoisotopic (exact) mass is 346 g/mol. The summed E-state index contributed by atoms with van der Waals surface area (Å²) in [5.74, 6) is -0.181. The number of hydrogen-bond donors (Lipinski definition) is 0. The van der Waals surface area contributed by atoms with Gasteiger partial charge in [-0.2, -0.15) is 18.3 Å². The van der Waals surface area contributed by atoms with Crippen LogP contribution >= 0.6 is 0 Å². The molecule has 1 aromatic rings. The Labute approximate surface area is 140 Å². The van der Waals surface area contributed by atoms with Gasteiger partial charge in [0.2, 0.25) is 0 Å². The molecule has 8 heteroatoms. The molecular weight excluding hydrogens is 321 g/mol. The van der Waals surface area contributed by atoms with E-state index in [4.69, 9.17) is 0 Å². The number of piperazine rings is 1. The van der Waals surface area contributed by atoms with Crippen LogP contribution < -0.4 is 0 Å². The first-order valence-corrected chi connectivity index (χ1v) is 8.06. The lowest BCUT2D eigenvalue weighted by Gasteiger charge is -2.38. The minimum Gasteiger partial charge on any atom is -0.335 e. The summed E-state index contributed by atoms with van der Waals surface area (Å²) in [6, 6.07) is 0.284. The van der Waals surface area contributed by atoms with Crippen molar-refractivity contribution < 1.29 is 18.0 Å². The van der Waals surface area contributed by atoms with E-state index in [1.165, 1.54) is 4.90 Å². The van der Waals surface area contributed by atoms with E-state index in [0.29, 0.717) is 5.69 Å². The maximum atomic E-state index is 12.8. The SMILES string of the molecule is CC(N1CCN(C(=O)c2cc(C(C)(C)C)nn2C)CC1)C(F)(F)F. The molecule has 0 N–H and O–H groups in total. The van der Waals surface area contributed by atoms with Crippen LogP contribution in [0.3, 0.4) is 0 Å². The smallest absolute Gasteiger partial charge is 0.335 e. The molecule has 1 aliphatic rings. The third-order valence-electron chi connectivity index (χ3n) is 4.49. The first-order valence-electron chi connectivity index (χ1n) is 8.06. The molecule has 5 nitrogen and oxygen atoms in total. The maximum absolute atomic E-state index is 12.8. The molecule has 1 fully saturated rings. The predicted octanol–water partition coefficient (Wildman–Crippen LogP) is 2.43. The number of nitrogens with zero attached hydrogens (tertiary/aromatic N) is 4. The van der Waals surface area contributed by atoms with Crippen molar-refractivity contribution in [3.05, 3.63) is 17.5 Å². The van der Waals surface area contributed by atoms with Gasteiger partial charge in [-0.3, -0.25) is 14.4 Å². The zero-order valence-corrected chi connectivity index (χ0v) is 14.8. The highest BCUT2D eigenvalue weighted by Gasteiger charge is 2.41. The molecule has 1 aliphatic heterocycles. The van der Waals surface area contributed by atoms with Crippen LogP contribution in [0, 0.1) is 0 Å². The highest BCUT2D eigenvalue weighted by Crippen LogP contribution is 2.26. The van der Waals surface area contributed by atoms with Gasteiger partial charge in [-0.05, 0) is 13.0 Å². The molecule has 136 valence electrons. The van der Waals surface area contributed by atoms with Crippen LogP contribution in [0.1, 0.15) is 43.9 Å². The second-order valence-corrected chi connectivity index (χ2v) is 7.33. The van der Waals surface area contributed by atoms with E-state index >= 15 is 0 Å². The Bertz CT molecular complexity index is 595. The lowest BCUT2D eigenvalue weighted by molar-refractivity contribution is -0.181. The van der Waals surface area contributed by atoms with E-state index < -0.39 is 12.2 Å². The van der Waals surface area contributed by atoms with Gasteiger partial charge in [-0.25, -0.2) is 0 Å². The van der Waals surface area contributed by atoms with Crippen LogP contribution in [0.15, 0.2) is 6.07 Å². The summed E-state index contributed by atoms with van der Waals surface area (Å²) in [5, 5.41) is 4.38. The lowest BCUT2D eigenvalue weighted by atomic mass is 9.92. The fourth-order valence-corrected chi connectivity index (χ4v) is 2.72. The molecule has 1 saturated heterocycles. The van der Waals surface area contributed by atoms with Gasteiger partial charge in [0.25, 0.3) is 5.91 Å². The lowest BCUT2D eigenvalue weighted by Crippen LogP contribution is -2.54. The van der Waals surface area contributed by atoms with Crippen molar-refractivity contribution in [1.29, 1.82) is 0 Å². The number of aryl methyl sites for hydroxylation is 1. The number of carbonyl (C=O) groups excluding carboxylic acids is 1. The van der Waals surface area contributed by atoms with Gasteiger partial charge in [-0.15, -0.1) is 0 Å². The van der Waals surface area contributed by atoms with Gasteiger partial charge in [0.1, 0.15) is 11.7 Å². The average Bonchev–Trinajstić information content (AvgIpc) is 2.87. The molecule has 1 amide bonds. The van der Waals surface area contributed by atoms with Crippen molar-refractivity contribution in [2.75, 3.05) is 26.2 Å². The summed E-state index contributed by atoms with van der Waals surface area (Å²) in [6.45, 7) is 8.22. The van der Waals surface area contributed by atoms with Gasteiger partial charge in [0.05, 0.1) is 5.69 Å². The first-order chi connectivity index (χ1) is 10.9. The molecule has 0 saturated carbocycles. The summed E-state index contributed by atoms with van der Waals surface area (Å²) in [6.07, 6.45) is -4.24. The minimum absolute atomic E-state index is 0.170. The van der Waals surface area contributed by atoms with E-state index in [1.54, 1.807) is 22.7 Å². The third-order valence-corrected chi connectivity index (χ3v) is 4.49. The Kier molecular flexibility index (Phi) is 4.99. The summed E-state index contributed by atoms with van der Waals surface area (Å²) >= 11 is 0. The molecule has 2 rings (SSSR count). The van der Waals surface area contributed by atoms with Crippen LogP contribution in [-0.2, 0) is 12.5 Å². The van der Waals surface area contributed by atoms with Crippen molar-refractivity contribution in [1.82, 2.24) is 19.6 Å². The first kappa shape index (κ1) is 18.8. The van der Waals surface area contributed by atoms with E-state index in [0.717, 1.165) is 12.6 Å². The summed E-state index contributed by atoms with van der Waals surface area (Å²) in [4.78, 5) is 15.6. The van der Waals surface area contributed by atoms with E-state index in [-0.39, 0.29) is 37.5 Å². The number of amides is 1. The third kappa shape index (κ3) is 3.91. The van der Waals surface area contributed by atoms with Crippen molar-refractivity contribution in [2.45, 2.75) is 45.3 Å². The molecule has 0 bridgehead atoms. The molecular formula is C16H25F3N4O. The number of hydrogen-bond acceptors (Lipinski definition) is 3. The van der Waals surface area contributed by atoms with E-state index in [1.807, 2.05) is 20.8 Å². The molecule has 0 spiro atoms. The zero-order chi connectivity index (χ0) is 18.3. The number of rotatable bonds is 2. The van der Waals surface area contributed by atoms with Crippen LogP contribution in [0.5, 0.6) is 0 Å². The molecule has 2 heterocycles. The van der Waals surface area contributed by atoms with Gasteiger partial charge >= 0.3 is 6.18 Å². The highest BCUT2D eigenvalue weighted by atomic mass is 19.4. The van der Waals surface area contributed by atoms with Crippen LogP contribution in [-0.4, -0.2) is 63.9 Å². The van der Waals surface area contributed by atoms with Crippen LogP contribution in [0.4, 0.5) is 13.2 Å². The van der Waals surface area contributed by atoms with Crippen LogP contribution in [0.2, 0.25) is 0 Å². The van der Waals surface area contributed by atoms with Crippen LogP contribution in [0.25, 0.3) is 0 Å². The standard InChI is InChI=1S/C16H25F3N4O/c1-11(16(17,18)19)22-6-8-23(9-7-22)14(24)12-10-13(15(2,3)4)20-21(12)5/h10-11H,6-9H2,1-5H3. The van der Waals surface area contributed by atoms with E-state index in [2.05, 4.69) is 5.10 Å². The Morgan fingerprint density at radius 3 is 2.12 bits per heavy atom. The summed E-state index contributed by atoms with van der Waals surface area (Å²) in [5.41, 5.74) is 1.12. The van der Waals surface area contributed by atoms with Crippen molar-refractivity contribution in [3.8, 4) is 0 Å². The summed E-state index contributed by atoms with van der Waals surface area (Å²) < 4.78 is 39.9. The number of aromatic nitrogens is 2. The van der Waals surface area contributed by atoms with Crippen molar-refractivity contribution in [3.63, 3.8) is 0 Å². The fourth-order valence-electron chi connectivity index (χ4n) is 2.72. The van der Waals surface area contributed by atoms with Gasteiger partial charge in [0, 0.05) is 38.6 Å². The number of halogens is 3. The van der Waals surface area contributed by atoms with Gasteiger partial charge in [-0.1, -0.05) is 20.8 Å². The summed E-state index contributed by atoms with van der Waals surface area (Å²) in [7, 11) is 1.71. The fraction of sp³-hybridized carbons (Fsp3) is 0.750. The Morgan fingerprint density at radius 1 is 1.17 bits per heavy atom. The highest BCUT2D eigenvalue weighted by molar-refractivity contribution is 5.92. The number of alkyl halides is 3. The molecule has 1 unspecified atom stereocenters. The Morgan fingerprint density at radius 2 is 1.71 bits per heavy atom. The number of carbonyl (C=O) groups is 1. The average molecular weight is 346 g/mol. The topological polar surface area (TPSA) is 41.4 Å². The zero-order valence-electron chi connectivity index (χ0n) is 14.8. The van der Waals surface area contributed by atoms with Crippen molar-refractivity contribution in [2.24, 2.45) is 7.05 Å².